The van der Waals surface area contributed by atoms with E-state index >= 15 is 0 Å². The molecule has 0 amide bonds. The molecular weight excluding hydrogens is 180 g/mol. The van der Waals surface area contributed by atoms with Crippen molar-refractivity contribution in [3.8, 4) is 5.75 Å². The molecule has 2 heterocycles. The van der Waals surface area contributed by atoms with E-state index in [1.165, 1.54) is 0 Å². The fourth-order valence-electron chi connectivity index (χ4n) is 1.47. The van der Waals surface area contributed by atoms with Gasteiger partial charge >= 0.3 is 0 Å². The molecule has 1 saturated heterocycles. The average molecular weight is 194 g/mol. The van der Waals surface area contributed by atoms with Gasteiger partial charge in [0, 0.05) is 18.9 Å². The fourth-order valence-corrected chi connectivity index (χ4v) is 1.47. The van der Waals surface area contributed by atoms with Crippen molar-refractivity contribution in [2.75, 3.05) is 25.6 Å². The van der Waals surface area contributed by atoms with Crippen molar-refractivity contribution in [3.05, 3.63) is 18.3 Å². The van der Waals surface area contributed by atoms with Crippen LogP contribution in [0, 0.1) is 0 Å². The van der Waals surface area contributed by atoms with Crippen LogP contribution in [0.1, 0.15) is 6.42 Å². The fraction of sp³-hybridized carbons (Fsp3) is 0.500. The zero-order valence-corrected chi connectivity index (χ0v) is 8.19. The van der Waals surface area contributed by atoms with Crippen molar-refractivity contribution < 1.29 is 9.47 Å². The highest BCUT2D eigenvalue weighted by molar-refractivity contribution is 5.41. The van der Waals surface area contributed by atoms with Crippen LogP contribution in [0.15, 0.2) is 18.3 Å². The molecule has 4 heteroatoms. The lowest BCUT2D eigenvalue weighted by molar-refractivity contribution is 0.195. The number of hydrogen-bond acceptors (Lipinski definition) is 4. The first kappa shape index (κ1) is 9.27. The normalized spacial score (nSPS) is 20.8. The minimum absolute atomic E-state index is 0.384. The van der Waals surface area contributed by atoms with Crippen LogP contribution in [0.2, 0.25) is 0 Å². The zero-order valence-electron chi connectivity index (χ0n) is 8.19. The largest absolute Gasteiger partial charge is 0.497 e. The summed E-state index contributed by atoms with van der Waals surface area (Å²) in [5.74, 6) is 1.67. The Morgan fingerprint density at radius 1 is 1.64 bits per heavy atom. The van der Waals surface area contributed by atoms with Crippen LogP contribution >= 0.6 is 0 Å². The van der Waals surface area contributed by atoms with Crippen LogP contribution in [0.4, 0.5) is 5.82 Å². The molecule has 1 aliphatic heterocycles. The molecule has 1 aromatic rings. The van der Waals surface area contributed by atoms with E-state index in [2.05, 4.69) is 10.3 Å². The summed E-state index contributed by atoms with van der Waals surface area (Å²) in [4.78, 5) is 4.20. The molecule has 0 spiro atoms. The third-order valence-corrected chi connectivity index (χ3v) is 2.25. The first-order valence-corrected chi connectivity index (χ1v) is 4.73. The maximum atomic E-state index is 5.26. The van der Waals surface area contributed by atoms with Crippen LogP contribution in [-0.2, 0) is 4.74 Å². The molecule has 0 saturated carbocycles. The van der Waals surface area contributed by atoms with Gasteiger partial charge in [0.15, 0.2) is 0 Å². The highest BCUT2D eigenvalue weighted by Gasteiger charge is 2.15. The second-order valence-electron chi connectivity index (χ2n) is 3.29. The van der Waals surface area contributed by atoms with Gasteiger partial charge in [-0.3, -0.25) is 0 Å². The van der Waals surface area contributed by atoms with E-state index in [4.69, 9.17) is 9.47 Å². The number of ether oxygens (including phenoxy) is 2. The van der Waals surface area contributed by atoms with Crippen LogP contribution in [0.25, 0.3) is 0 Å². The predicted octanol–water partition coefficient (Wildman–Crippen LogP) is 1.29. The first-order valence-electron chi connectivity index (χ1n) is 4.73. The molecule has 1 aliphatic rings. The third kappa shape index (κ3) is 2.14. The van der Waals surface area contributed by atoms with Gasteiger partial charge in [-0.05, 0) is 12.5 Å². The van der Waals surface area contributed by atoms with Crippen molar-refractivity contribution in [3.63, 3.8) is 0 Å². The minimum atomic E-state index is 0.384. The van der Waals surface area contributed by atoms with E-state index in [0.29, 0.717) is 6.04 Å². The van der Waals surface area contributed by atoms with Crippen molar-refractivity contribution in [2.45, 2.75) is 12.5 Å². The van der Waals surface area contributed by atoms with Crippen LogP contribution in [0.3, 0.4) is 0 Å². The molecule has 0 bridgehead atoms. The molecule has 0 aliphatic carbocycles. The number of pyridine rings is 1. The van der Waals surface area contributed by atoms with Gasteiger partial charge in [-0.15, -0.1) is 0 Å². The Bertz CT molecular complexity index is 298. The van der Waals surface area contributed by atoms with E-state index in [1.807, 2.05) is 12.1 Å². The van der Waals surface area contributed by atoms with Gasteiger partial charge in [-0.1, -0.05) is 0 Å². The summed E-state index contributed by atoms with van der Waals surface area (Å²) < 4.78 is 10.4. The van der Waals surface area contributed by atoms with E-state index in [0.717, 1.165) is 31.2 Å². The SMILES string of the molecule is COc1ccnc(NC2CCOC2)c1. The van der Waals surface area contributed by atoms with E-state index in [9.17, 15) is 0 Å². The standard InChI is InChI=1S/C10H14N2O2/c1-13-9-2-4-11-10(6-9)12-8-3-5-14-7-8/h2,4,6,8H,3,5,7H2,1H3,(H,11,12). The number of nitrogens with zero attached hydrogens (tertiary/aromatic N) is 1. The summed E-state index contributed by atoms with van der Waals surface area (Å²) in [5.41, 5.74) is 0. The summed E-state index contributed by atoms with van der Waals surface area (Å²) in [6.07, 6.45) is 2.77. The quantitative estimate of drug-likeness (QED) is 0.787. The Hall–Kier alpha value is -1.29. The van der Waals surface area contributed by atoms with Gasteiger partial charge in [-0.25, -0.2) is 4.98 Å². The number of nitrogens with one attached hydrogen (secondary N) is 1. The van der Waals surface area contributed by atoms with Gasteiger partial charge in [0.25, 0.3) is 0 Å². The van der Waals surface area contributed by atoms with Crippen molar-refractivity contribution >= 4 is 5.82 Å². The highest BCUT2D eigenvalue weighted by Crippen LogP contribution is 2.16. The molecule has 1 atom stereocenters. The molecule has 1 aromatic heterocycles. The van der Waals surface area contributed by atoms with Gasteiger partial charge < -0.3 is 14.8 Å². The number of rotatable bonds is 3. The first-order chi connectivity index (χ1) is 6.88. The van der Waals surface area contributed by atoms with Crippen LogP contribution in [-0.4, -0.2) is 31.3 Å². The average Bonchev–Trinajstić information content (AvgIpc) is 2.71. The van der Waals surface area contributed by atoms with Gasteiger partial charge in [0.1, 0.15) is 11.6 Å². The summed E-state index contributed by atoms with van der Waals surface area (Å²) in [6, 6.07) is 4.10. The van der Waals surface area contributed by atoms with Gasteiger partial charge in [-0.2, -0.15) is 0 Å². The molecule has 1 N–H and O–H groups in total. The minimum Gasteiger partial charge on any atom is -0.497 e. The predicted molar refractivity (Wildman–Crippen MR) is 53.6 cm³/mol. The van der Waals surface area contributed by atoms with Crippen molar-refractivity contribution in [1.82, 2.24) is 4.98 Å². The Labute approximate surface area is 83.2 Å². The number of aromatic nitrogens is 1. The summed E-state index contributed by atoms with van der Waals surface area (Å²) >= 11 is 0. The topological polar surface area (TPSA) is 43.4 Å². The Balaban J connectivity index is 2.00. The molecule has 76 valence electrons. The summed E-state index contributed by atoms with van der Waals surface area (Å²) in [6.45, 7) is 1.60. The number of hydrogen-bond donors (Lipinski definition) is 1. The summed E-state index contributed by atoms with van der Waals surface area (Å²) in [5, 5.41) is 3.30. The van der Waals surface area contributed by atoms with E-state index in [1.54, 1.807) is 13.3 Å². The Morgan fingerprint density at radius 3 is 3.29 bits per heavy atom. The van der Waals surface area contributed by atoms with Gasteiger partial charge in [0.05, 0.1) is 19.8 Å². The number of anilines is 1. The molecule has 1 unspecified atom stereocenters. The third-order valence-electron chi connectivity index (χ3n) is 2.25. The molecule has 2 rings (SSSR count). The van der Waals surface area contributed by atoms with Crippen molar-refractivity contribution in [1.29, 1.82) is 0 Å². The summed E-state index contributed by atoms with van der Waals surface area (Å²) in [7, 11) is 1.65. The molecule has 1 fully saturated rings. The smallest absolute Gasteiger partial charge is 0.129 e. The molecule has 0 radical (unpaired) electrons. The Morgan fingerprint density at radius 2 is 2.57 bits per heavy atom. The van der Waals surface area contributed by atoms with E-state index in [-0.39, 0.29) is 0 Å². The lowest BCUT2D eigenvalue weighted by atomic mass is 10.2. The van der Waals surface area contributed by atoms with Gasteiger partial charge in [0.2, 0.25) is 0 Å². The Kier molecular flexibility index (Phi) is 2.84. The lowest BCUT2D eigenvalue weighted by Gasteiger charge is -2.11. The van der Waals surface area contributed by atoms with E-state index < -0.39 is 0 Å². The second kappa shape index (κ2) is 4.28. The highest BCUT2D eigenvalue weighted by atomic mass is 16.5. The van der Waals surface area contributed by atoms with Crippen molar-refractivity contribution in [2.24, 2.45) is 0 Å². The molecule has 4 nitrogen and oxygen atoms in total. The van der Waals surface area contributed by atoms with Crippen LogP contribution < -0.4 is 10.1 Å². The molecule has 0 aromatic carbocycles. The lowest BCUT2D eigenvalue weighted by Crippen LogP contribution is -2.19. The number of methoxy groups -OCH3 is 1. The second-order valence-corrected chi connectivity index (χ2v) is 3.29. The maximum Gasteiger partial charge on any atom is 0.129 e. The zero-order chi connectivity index (χ0) is 9.80. The maximum absolute atomic E-state index is 5.26. The molecule has 14 heavy (non-hydrogen) atoms. The monoisotopic (exact) mass is 194 g/mol. The van der Waals surface area contributed by atoms with Crippen LogP contribution in [0.5, 0.6) is 5.75 Å². The molecular formula is C10H14N2O2.